The van der Waals surface area contributed by atoms with Crippen molar-refractivity contribution in [1.82, 2.24) is 10.4 Å². The molecule has 5 aromatic rings. The van der Waals surface area contributed by atoms with Gasteiger partial charge >= 0.3 is 0 Å². The number of rotatable bonds is 8. The quantitative estimate of drug-likeness (QED) is 0.156. The predicted molar refractivity (Wildman–Crippen MR) is 146 cm³/mol. The summed E-state index contributed by atoms with van der Waals surface area (Å²) >= 11 is 0. The highest BCUT2D eigenvalue weighted by atomic mass is 16.6. The minimum absolute atomic E-state index is 0.0239. The summed E-state index contributed by atoms with van der Waals surface area (Å²) in [5, 5.41) is 15.8. The van der Waals surface area contributed by atoms with E-state index in [1.54, 1.807) is 48.7 Å². The molecule has 8 heteroatoms. The molecule has 186 valence electrons. The Morgan fingerprint density at radius 1 is 0.921 bits per heavy atom. The summed E-state index contributed by atoms with van der Waals surface area (Å²) in [6.07, 6.45) is 1.55. The molecule has 38 heavy (non-hydrogen) atoms. The third-order valence-electron chi connectivity index (χ3n) is 5.82. The van der Waals surface area contributed by atoms with Crippen LogP contribution in [0.1, 0.15) is 21.5 Å². The summed E-state index contributed by atoms with van der Waals surface area (Å²) in [7, 11) is 0. The molecule has 0 spiro atoms. The standard InChI is InChI=1S/C30H22N4O4/c35-30(27-18-29(23-8-2-1-3-9-23)32-28-12-5-4-11-26(27)28)33-31-19-21-13-15-25(16-14-21)38-20-22-7-6-10-24(17-22)34(36)37/h1-19H,20H2,(H,33,35)/b31-19+. The predicted octanol–water partition coefficient (Wildman–Crippen LogP) is 6.15. The second-order valence-corrected chi connectivity index (χ2v) is 8.42. The Morgan fingerprint density at radius 3 is 2.47 bits per heavy atom. The van der Waals surface area contributed by atoms with Gasteiger partial charge in [-0.3, -0.25) is 14.9 Å². The van der Waals surface area contributed by atoms with E-state index in [1.807, 2.05) is 54.6 Å². The van der Waals surface area contributed by atoms with Gasteiger partial charge in [-0.2, -0.15) is 5.10 Å². The van der Waals surface area contributed by atoms with Crippen LogP contribution in [0.15, 0.2) is 114 Å². The molecular formula is C30H22N4O4. The number of nitrogens with one attached hydrogen (secondary N) is 1. The number of nitro groups is 1. The number of nitro benzene ring substituents is 1. The van der Waals surface area contributed by atoms with Crippen LogP contribution in [0.4, 0.5) is 5.69 Å². The number of nitrogens with zero attached hydrogens (tertiary/aromatic N) is 3. The molecule has 1 N–H and O–H groups in total. The molecule has 0 saturated carbocycles. The van der Waals surface area contributed by atoms with Gasteiger partial charge < -0.3 is 4.74 Å². The smallest absolute Gasteiger partial charge is 0.272 e. The summed E-state index contributed by atoms with van der Waals surface area (Å²) in [6.45, 7) is 0.204. The summed E-state index contributed by atoms with van der Waals surface area (Å²) < 4.78 is 5.73. The first kappa shape index (κ1) is 24.3. The molecule has 0 radical (unpaired) electrons. The number of ether oxygens (including phenoxy) is 1. The van der Waals surface area contributed by atoms with E-state index in [0.717, 1.165) is 22.0 Å². The summed E-state index contributed by atoms with van der Waals surface area (Å²) in [6, 6.07) is 32.4. The maximum atomic E-state index is 13.1. The van der Waals surface area contributed by atoms with Gasteiger partial charge in [0.2, 0.25) is 0 Å². The molecule has 1 heterocycles. The summed E-state index contributed by atoms with van der Waals surface area (Å²) in [4.78, 5) is 28.3. The minimum atomic E-state index is -0.435. The number of carbonyl (C=O) groups excluding carboxylic acids is 1. The van der Waals surface area contributed by atoms with Crippen LogP contribution in [0.3, 0.4) is 0 Å². The van der Waals surface area contributed by atoms with Crippen LogP contribution < -0.4 is 10.2 Å². The van der Waals surface area contributed by atoms with Crippen LogP contribution in [-0.4, -0.2) is 22.0 Å². The van der Waals surface area contributed by atoms with Crippen LogP contribution in [0.5, 0.6) is 5.75 Å². The van der Waals surface area contributed by atoms with Crippen molar-refractivity contribution in [2.24, 2.45) is 5.10 Å². The van der Waals surface area contributed by atoms with E-state index >= 15 is 0 Å². The van der Waals surface area contributed by atoms with Crippen molar-refractivity contribution in [3.63, 3.8) is 0 Å². The molecule has 5 rings (SSSR count). The molecule has 0 saturated heterocycles. The molecule has 0 aliphatic carbocycles. The molecule has 8 nitrogen and oxygen atoms in total. The number of para-hydroxylation sites is 1. The number of hydrogen-bond acceptors (Lipinski definition) is 6. The van der Waals surface area contributed by atoms with Crippen molar-refractivity contribution in [2.75, 3.05) is 0 Å². The van der Waals surface area contributed by atoms with Gasteiger partial charge in [-0.1, -0.05) is 60.7 Å². The maximum absolute atomic E-state index is 13.1. The van der Waals surface area contributed by atoms with Crippen molar-refractivity contribution in [2.45, 2.75) is 6.61 Å². The summed E-state index contributed by atoms with van der Waals surface area (Å²) in [5.41, 5.74) is 6.93. The van der Waals surface area contributed by atoms with Gasteiger partial charge in [0.1, 0.15) is 12.4 Å². The number of fused-ring (bicyclic) bond motifs is 1. The summed E-state index contributed by atoms with van der Waals surface area (Å²) in [5.74, 6) is 0.267. The largest absolute Gasteiger partial charge is 0.489 e. The number of hydrogen-bond donors (Lipinski definition) is 1. The van der Waals surface area contributed by atoms with Crippen LogP contribution in [-0.2, 0) is 6.61 Å². The molecular weight excluding hydrogens is 480 g/mol. The molecule has 0 aliphatic heterocycles. The fraction of sp³-hybridized carbons (Fsp3) is 0.0333. The molecule has 0 bridgehead atoms. The van der Waals surface area contributed by atoms with Crippen molar-refractivity contribution in [3.05, 3.63) is 136 Å². The number of benzene rings is 4. The van der Waals surface area contributed by atoms with E-state index in [2.05, 4.69) is 10.5 Å². The van der Waals surface area contributed by atoms with E-state index in [0.29, 0.717) is 22.6 Å². The number of hydrazone groups is 1. The fourth-order valence-corrected chi connectivity index (χ4v) is 3.92. The van der Waals surface area contributed by atoms with Gasteiger partial charge in [0.15, 0.2) is 0 Å². The second kappa shape index (κ2) is 11.1. The maximum Gasteiger partial charge on any atom is 0.272 e. The Bertz CT molecular complexity index is 1630. The zero-order valence-corrected chi connectivity index (χ0v) is 20.2. The van der Waals surface area contributed by atoms with E-state index in [4.69, 9.17) is 9.72 Å². The van der Waals surface area contributed by atoms with Crippen LogP contribution in [0, 0.1) is 10.1 Å². The zero-order chi connectivity index (χ0) is 26.3. The molecule has 0 fully saturated rings. The van der Waals surface area contributed by atoms with Crippen molar-refractivity contribution >= 4 is 28.7 Å². The molecule has 1 amide bonds. The Balaban J connectivity index is 1.25. The minimum Gasteiger partial charge on any atom is -0.489 e. The number of amides is 1. The first-order valence-corrected chi connectivity index (χ1v) is 11.8. The molecule has 0 unspecified atom stereocenters. The average Bonchev–Trinajstić information content (AvgIpc) is 2.96. The van der Waals surface area contributed by atoms with Crippen molar-refractivity contribution in [3.8, 4) is 17.0 Å². The van der Waals surface area contributed by atoms with Crippen LogP contribution >= 0.6 is 0 Å². The lowest BCUT2D eigenvalue weighted by atomic mass is 10.0. The lowest BCUT2D eigenvalue weighted by molar-refractivity contribution is -0.384. The van der Waals surface area contributed by atoms with E-state index in [-0.39, 0.29) is 18.2 Å². The SMILES string of the molecule is O=C(N/N=C/c1ccc(OCc2cccc([N+](=O)[O-])c2)cc1)c1cc(-c2ccccc2)nc2ccccc12. The topological polar surface area (TPSA) is 107 Å². The van der Waals surface area contributed by atoms with Gasteiger partial charge in [-0.15, -0.1) is 0 Å². The monoisotopic (exact) mass is 502 g/mol. The number of aromatic nitrogens is 1. The van der Waals surface area contributed by atoms with Crippen LogP contribution in [0.2, 0.25) is 0 Å². The second-order valence-electron chi connectivity index (χ2n) is 8.42. The van der Waals surface area contributed by atoms with E-state index in [9.17, 15) is 14.9 Å². The van der Waals surface area contributed by atoms with Crippen molar-refractivity contribution < 1.29 is 14.5 Å². The van der Waals surface area contributed by atoms with Gasteiger partial charge in [0.05, 0.1) is 27.9 Å². The van der Waals surface area contributed by atoms with Crippen LogP contribution in [0.25, 0.3) is 22.2 Å². The Morgan fingerprint density at radius 2 is 1.68 bits per heavy atom. The zero-order valence-electron chi connectivity index (χ0n) is 20.2. The Labute approximate surface area is 218 Å². The van der Waals surface area contributed by atoms with Gasteiger partial charge in [0, 0.05) is 23.1 Å². The lowest BCUT2D eigenvalue weighted by Crippen LogP contribution is -2.18. The number of non-ortho nitro benzene ring substituents is 1. The molecule has 1 aromatic heterocycles. The first-order valence-electron chi connectivity index (χ1n) is 11.8. The highest BCUT2D eigenvalue weighted by molar-refractivity contribution is 6.07. The lowest BCUT2D eigenvalue weighted by Gasteiger charge is -2.09. The first-order chi connectivity index (χ1) is 18.6. The molecule has 0 aliphatic rings. The van der Waals surface area contributed by atoms with Gasteiger partial charge in [-0.25, -0.2) is 10.4 Å². The molecule has 0 atom stereocenters. The fourth-order valence-electron chi connectivity index (χ4n) is 3.92. The highest BCUT2D eigenvalue weighted by Crippen LogP contribution is 2.25. The third kappa shape index (κ3) is 5.71. The van der Waals surface area contributed by atoms with Gasteiger partial charge in [0.25, 0.3) is 11.6 Å². The number of pyridine rings is 1. The van der Waals surface area contributed by atoms with Gasteiger partial charge in [-0.05, 0) is 47.5 Å². The highest BCUT2D eigenvalue weighted by Gasteiger charge is 2.13. The average molecular weight is 503 g/mol. The molecule has 4 aromatic carbocycles. The Hall–Kier alpha value is -5.37. The van der Waals surface area contributed by atoms with E-state index in [1.165, 1.54) is 12.1 Å². The van der Waals surface area contributed by atoms with E-state index < -0.39 is 4.92 Å². The normalized spacial score (nSPS) is 10.9. The third-order valence-corrected chi connectivity index (χ3v) is 5.82. The Kier molecular flexibility index (Phi) is 7.13. The van der Waals surface area contributed by atoms with Crippen molar-refractivity contribution in [1.29, 1.82) is 0 Å². The number of carbonyl (C=O) groups is 1.